The molecule has 27 heavy (non-hydrogen) atoms. The van der Waals surface area contributed by atoms with Crippen molar-refractivity contribution in [2.75, 3.05) is 0 Å². The van der Waals surface area contributed by atoms with E-state index in [2.05, 4.69) is 31.4 Å². The van der Waals surface area contributed by atoms with Gasteiger partial charge in [-0.15, -0.1) is 0 Å². The van der Waals surface area contributed by atoms with Crippen LogP contribution in [0.15, 0.2) is 47.1 Å². The molecule has 3 N–H and O–H groups in total. The smallest absolute Gasteiger partial charge is 0.251 e. The van der Waals surface area contributed by atoms with Crippen LogP contribution in [0.1, 0.15) is 28.8 Å². The zero-order chi connectivity index (χ0) is 18.8. The summed E-state index contributed by atoms with van der Waals surface area (Å²) >= 11 is 9.62. The van der Waals surface area contributed by atoms with Crippen molar-refractivity contribution in [1.82, 2.24) is 15.5 Å². The third-order valence-electron chi connectivity index (χ3n) is 5.89. The average molecular weight is 447 g/mol. The number of carbonyl (C=O) groups excluding carboxylic acids is 1. The molecule has 2 atom stereocenters. The zero-order valence-electron chi connectivity index (χ0n) is 14.2. The van der Waals surface area contributed by atoms with Gasteiger partial charge < -0.3 is 10.4 Å². The Hall–Kier alpha value is -1.89. The Morgan fingerprint density at radius 2 is 2.07 bits per heavy atom. The lowest BCUT2D eigenvalue weighted by Crippen LogP contribution is -2.33. The summed E-state index contributed by atoms with van der Waals surface area (Å²) in [6.07, 6.45) is 2.96. The van der Waals surface area contributed by atoms with E-state index in [-0.39, 0.29) is 23.8 Å². The van der Waals surface area contributed by atoms with E-state index in [1.165, 1.54) is 0 Å². The summed E-state index contributed by atoms with van der Waals surface area (Å²) in [5.41, 5.74) is 1.35. The number of halogens is 2. The first kappa shape index (κ1) is 17.2. The van der Waals surface area contributed by atoms with Crippen LogP contribution in [0.4, 0.5) is 0 Å². The standard InChI is InChI=1S/C20H17BrClN3O2/c21-11-3-1-2-10(4-11)19(26)24-18-13-7-20(27,8-14(13)18)16-5-12(22)6-17-15(16)9-23-25-17/h1-6,9,13-14,18,27H,7-8H2,(H,23,25)(H,24,26). The predicted molar refractivity (Wildman–Crippen MR) is 107 cm³/mol. The molecule has 0 bridgehead atoms. The molecule has 0 aliphatic heterocycles. The number of amides is 1. The van der Waals surface area contributed by atoms with Gasteiger partial charge >= 0.3 is 0 Å². The molecule has 1 amide bonds. The quantitative estimate of drug-likeness (QED) is 0.569. The summed E-state index contributed by atoms with van der Waals surface area (Å²) < 4.78 is 0.880. The lowest BCUT2D eigenvalue weighted by molar-refractivity contribution is 0.0293. The first-order valence-corrected chi connectivity index (χ1v) is 10.0. The highest BCUT2D eigenvalue weighted by molar-refractivity contribution is 9.10. The van der Waals surface area contributed by atoms with E-state index in [0.29, 0.717) is 23.4 Å². The molecular weight excluding hydrogens is 430 g/mol. The number of aliphatic hydroxyl groups is 1. The zero-order valence-corrected chi connectivity index (χ0v) is 16.6. The second-order valence-electron chi connectivity index (χ2n) is 7.56. The third kappa shape index (κ3) is 2.87. The van der Waals surface area contributed by atoms with Gasteiger partial charge in [0, 0.05) is 26.5 Å². The Balaban J connectivity index is 1.33. The predicted octanol–water partition coefficient (Wildman–Crippen LogP) is 4.00. The molecule has 2 fully saturated rings. The van der Waals surface area contributed by atoms with Crippen molar-refractivity contribution in [1.29, 1.82) is 0 Å². The second kappa shape index (κ2) is 6.06. The number of aromatic amines is 1. The van der Waals surface area contributed by atoms with Crippen molar-refractivity contribution in [2.45, 2.75) is 24.5 Å². The summed E-state index contributed by atoms with van der Waals surface area (Å²) in [7, 11) is 0. The summed E-state index contributed by atoms with van der Waals surface area (Å²) in [4.78, 5) is 12.5. The van der Waals surface area contributed by atoms with Crippen LogP contribution in [0, 0.1) is 11.8 Å². The fourth-order valence-electron chi connectivity index (χ4n) is 4.56. The van der Waals surface area contributed by atoms with Crippen LogP contribution < -0.4 is 5.32 Å². The Labute approximate surface area is 169 Å². The van der Waals surface area contributed by atoms with E-state index in [0.717, 1.165) is 20.9 Å². The van der Waals surface area contributed by atoms with Crippen molar-refractivity contribution in [2.24, 2.45) is 11.8 Å². The van der Waals surface area contributed by atoms with Crippen LogP contribution in [0.25, 0.3) is 10.9 Å². The van der Waals surface area contributed by atoms with Crippen LogP contribution in [-0.4, -0.2) is 27.3 Å². The SMILES string of the molecule is O=C(NC1C2CC(O)(c3cc(Cl)cc4[nH]ncc34)CC21)c1cccc(Br)c1. The maximum Gasteiger partial charge on any atom is 0.251 e. The number of hydrogen-bond acceptors (Lipinski definition) is 3. The first-order valence-electron chi connectivity index (χ1n) is 8.86. The van der Waals surface area contributed by atoms with Gasteiger partial charge in [0.25, 0.3) is 5.91 Å². The Bertz CT molecular complexity index is 1050. The van der Waals surface area contributed by atoms with E-state index < -0.39 is 5.60 Å². The van der Waals surface area contributed by atoms with Crippen molar-refractivity contribution >= 4 is 44.3 Å². The van der Waals surface area contributed by atoms with Crippen LogP contribution in [0.2, 0.25) is 5.02 Å². The number of benzene rings is 2. The minimum atomic E-state index is -0.931. The molecule has 5 nitrogen and oxygen atoms in total. The van der Waals surface area contributed by atoms with Crippen molar-refractivity contribution in [3.63, 3.8) is 0 Å². The molecule has 5 rings (SSSR count). The summed E-state index contributed by atoms with van der Waals surface area (Å²) in [5, 5.41) is 22.9. The van der Waals surface area contributed by atoms with E-state index in [1.807, 2.05) is 30.3 Å². The van der Waals surface area contributed by atoms with Gasteiger partial charge in [0.2, 0.25) is 0 Å². The molecule has 2 aliphatic carbocycles. The molecule has 0 saturated heterocycles. The third-order valence-corrected chi connectivity index (χ3v) is 6.60. The molecule has 2 aliphatic rings. The monoisotopic (exact) mass is 445 g/mol. The Morgan fingerprint density at radius 1 is 1.30 bits per heavy atom. The molecule has 7 heteroatoms. The normalized spacial score (nSPS) is 28.9. The van der Waals surface area contributed by atoms with E-state index in [9.17, 15) is 9.90 Å². The lowest BCUT2D eigenvalue weighted by Gasteiger charge is -2.27. The molecule has 1 aromatic heterocycles. The van der Waals surface area contributed by atoms with Gasteiger partial charge in [-0.1, -0.05) is 33.6 Å². The molecule has 2 unspecified atom stereocenters. The fourth-order valence-corrected chi connectivity index (χ4v) is 5.18. The average Bonchev–Trinajstić information content (AvgIpc) is 3.01. The fraction of sp³-hybridized carbons (Fsp3) is 0.300. The first-order chi connectivity index (χ1) is 12.9. The number of hydrogen-bond donors (Lipinski definition) is 3. The van der Waals surface area contributed by atoms with Crippen molar-refractivity contribution in [3.05, 3.63) is 63.2 Å². The van der Waals surface area contributed by atoms with Gasteiger partial charge in [-0.3, -0.25) is 9.89 Å². The highest BCUT2D eigenvalue weighted by Gasteiger charge is 2.62. The highest BCUT2D eigenvalue weighted by Crippen LogP contribution is 2.60. The summed E-state index contributed by atoms with van der Waals surface area (Å²) in [6, 6.07) is 11.1. The van der Waals surface area contributed by atoms with E-state index >= 15 is 0 Å². The maximum atomic E-state index is 12.5. The molecular formula is C20H17BrClN3O2. The van der Waals surface area contributed by atoms with Gasteiger partial charge in [0.05, 0.1) is 17.3 Å². The Morgan fingerprint density at radius 3 is 2.81 bits per heavy atom. The number of H-pyrrole nitrogens is 1. The largest absolute Gasteiger partial charge is 0.385 e. The number of aromatic nitrogens is 2. The Kier molecular flexibility index (Phi) is 3.86. The number of carbonyl (C=O) groups is 1. The minimum Gasteiger partial charge on any atom is -0.385 e. The highest BCUT2D eigenvalue weighted by atomic mass is 79.9. The maximum absolute atomic E-state index is 12.5. The molecule has 138 valence electrons. The number of nitrogens with zero attached hydrogens (tertiary/aromatic N) is 1. The molecule has 3 aromatic rings. The van der Waals surface area contributed by atoms with Crippen molar-refractivity contribution in [3.8, 4) is 0 Å². The van der Waals surface area contributed by atoms with Gasteiger partial charge in [-0.2, -0.15) is 5.10 Å². The molecule has 0 spiro atoms. The lowest BCUT2D eigenvalue weighted by atomic mass is 9.86. The van der Waals surface area contributed by atoms with Gasteiger partial charge in [-0.25, -0.2) is 0 Å². The topological polar surface area (TPSA) is 78.0 Å². The molecule has 0 radical (unpaired) electrons. The second-order valence-corrected chi connectivity index (χ2v) is 8.91. The molecule has 2 aromatic carbocycles. The number of rotatable bonds is 3. The summed E-state index contributed by atoms with van der Waals surface area (Å²) in [6.45, 7) is 0. The van der Waals surface area contributed by atoms with Crippen LogP contribution in [-0.2, 0) is 5.60 Å². The van der Waals surface area contributed by atoms with E-state index in [4.69, 9.17) is 11.6 Å². The molecule has 1 heterocycles. The number of nitrogens with one attached hydrogen (secondary N) is 2. The number of fused-ring (bicyclic) bond motifs is 2. The van der Waals surface area contributed by atoms with Gasteiger partial charge in [0.15, 0.2) is 0 Å². The van der Waals surface area contributed by atoms with Gasteiger partial charge in [-0.05, 0) is 60.6 Å². The summed E-state index contributed by atoms with van der Waals surface area (Å²) in [5.74, 6) is 0.498. The van der Waals surface area contributed by atoms with Crippen LogP contribution >= 0.6 is 27.5 Å². The van der Waals surface area contributed by atoms with Crippen LogP contribution in [0.3, 0.4) is 0 Å². The van der Waals surface area contributed by atoms with Crippen LogP contribution in [0.5, 0.6) is 0 Å². The minimum absolute atomic E-state index is 0.0702. The van der Waals surface area contributed by atoms with Gasteiger partial charge in [0.1, 0.15) is 0 Å². The van der Waals surface area contributed by atoms with Crippen molar-refractivity contribution < 1.29 is 9.90 Å². The van der Waals surface area contributed by atoms with E-state index in [1.54, 1.807) is 12.3 Å². The molecule has 2 saturated carbocycles.